The van der Waals surface area contributed by atoms with Crippen molar-refractivity contribution in [2.24, 2.45) is 0 Å². The number of nitrogens with zero attached hydrogens (tertiary/aromatic N) is 2. The molecule has 1 aromatic rings. The highest BCUT2D eigenvalue weighted by Gasteiger charge is 2.09. The van der Waals surface area contributed by atoms with Crippen LogP contribution in [0.15, 0.2) is 12.1 Å². The number of nitrogen functional groups attached to an aromatic ring is 1. The maximum absolute atomic E-state index is 10.6. The molecule has 0 aliphatic rings. The van der Waals surface area contributed by atoms with Crippen molar-refractivity contribution < 1.29 is 4.92 Å². The molecular weight excluding hydrogens is 220 g/mol. The van der Waals surface area contributed by atoms with Gasteiger partial charge in [-0.15, -0.1) is 0 Å². The molecule has 3 N–H and O–H groups in total. The highest BCUT2D eigenvalue weighted by Crippen LogP contribution is 2.18. The minimum atomic E-state index is -0.472. The van der Waals surface area contributed by atoms with E-state index in [1.54, 1.807) is 0 Å². The summed E-state index contributed by atoms with van der Waals surface area (Å²) in [5.74, 6) is 0.628. The summed E-state index contributed by atoms with van der Waals surface area (Å²) in [5, 5.41) is 13.7. The summed E-state index contributed by atoms with van der Waals surface area (Å²) in [4.78, 5) is 14.1. The van der Waals surface area contributed by atoms with Gasteiger partial charge in [-0.05, 0) is 6.42 Å². The van der Waals surface area contributed by atoms with Gasteiger partial charge in [-0.1, -0.05) is 26.2 Å². The molecule has 0 bridgehead atoms. The van der Waals surface area contributed by atoms with Crippen LogP contribution in [0.1, 0.15) is 32.6 Å². The Bertz CT molecular complexity index is 382. The van der Waals surface area contributed by atoms with E-state index in [9.17, 15) is 10.1 Å². The van der Waals surface area contributed by atoms with Gasteiger partial charge in [0.15, 0.2) is 0 Å². The first kappa shape index (κ1) is 13.2. The smallest absolute Gasteiger partial charge is 0.276 e. The molecule has 0 aliphatic carbocycles. The number of hydrogen-bond donors (Lipinski definition) is 2. The van der Waals surface area contributed by atoms with E-state index in [1.807, 2.05) is 0 Å². The Balaban J connectivity index is 2.50. The zero-order valence-corrected chi connectivity index (χ0v) is 9.98. The second-order valence-electron chi connectivity index (χ2n) is 3.88. The molecule has 0 spiro atoms. The predicted molar refractivity (Wildman–Crippen MR) is 67.9 cm³/mol. The van der Waals surface area contributed by atoms with Crippen LogP contribution in [-0.4, -0.2) is 16.5 Å². The van der Waals surface area contributed by atoms with E-state index >= 15 is 0 Å². The average molecular weight is 238 g/mol. The van der Waals surface area contributed by atoms with Crippen molar-refractivity contribution in [3.8, 4) is 0 Å². The van der Waals surface area contributed by atoms with Crippen LogP contribution in [0.25, 0.3) is 0 Å². The first-order valence-corrected chi connectivity index (χ1v) is 5.79. The Morgan fingerprint density at radius 2 is 2.18 bits per heavy atom. The Morgan fingerprint density at radius 1 is 1.41 bits per heavy atom. The maximum Gasteiger partial charge on any atom is 0.276 e. The SMILES string of the molecule is CCCCCCNc1cc([N+](=O)[O-])cc(N)n1. The number of anilines is 2. The summed E-state index contributed by atoms with van der Waals surface area (Å²) in [5.41, 5.74) is 5.46. The fraction of sp³-hybridized carbons (Fsp3) is 0.545. The number of aromatic nitrogens is 1. The zero-order valence-electron chi connectivity index (χ0n) is 9.98. The van der Waals surface area contributed by atoms with Crippen molar-refractivity contribution in [3.05, 3.63) is 22.2 Å². The number of nitrogens with two attached hydrogens (primary N) is 1. The molecule has 0 atom stereocenters. The predicted octanol–water partition coefficient (Wildman–Crippen LogP) is 2.56. The van der Waals surface area contributed by atoms with Gasteiger partial charge in [0.25, 0.3) is 5.69 Å². The highest BCUT2D eigenvalue weighted by molar-refractivity contribution is 5.52. The molecule has 6 nitrogen and oxygen atoms in total. The minimum absolute atomic E-state index is 0.0337. The summed E-state index contributed by atoms with van der Waals surface area (Å²) in [6, 6.07) is 2.65. The third-order valence-electron chi connectivity index (χ3n) is 2.38. The van der Waals surface area contributed by atoms with Crippen molar-refractivity contribution in [1.82, 2.24) is 4.98 Å². The average Bonchev–Trinajstić information content (AvgIpc) is 2.28. The van der Waals surface area contributed by atoms with Crippen LogP contribution in [0.5, 0.6) is 0 Å². The number of nitro groups is 1. The fourth-order valence-electron chi connectivity index (χ4n) is 1.50. The van der Waals surface area contributed by atoms with Gasteiger partial charge < -0.3 is 11.1 Å². The van der Waals surface area contributed by atoms with E-state index in [1.165, 1.54) is 25.0 Å². The van der Waals surface area contributed by atoms with Crippen molar-refractivity contribution >= 4 is 17.3 Å². The Hall–Kier alpha value is -1.85. The molecule has 0 amide bonds. The molecule has 0 saturated carbocycles. The molecule has 0 radical (unpaired) electrons. The van der Waals surface area contributed by atoms with Gasteiger partial charge in [0.2, 0.25) is 0 Å². The van der Waals surface area contributed by atoms with Gasteiger partial charge in [-0.25, -0.2) is 4.98 Å². The first-order valence-electron chi connectivity index (χ1n) is 5.79. The molecule has 1 rings (SSSR count). The van der Waals surface area contributed by atoms with Gasteiger partial charge in [0.05, 0.1) is 17.1 Å². The summed E-state index contributed by atoms with van der Waals surface area (Å²) in [7, 11) is 0. The quantitative estimate of drug-likeness (QED) is 0.432. The third kappa shape index (κ3) is 4.67. The molecule has 0 unspecified atom stereocenters. The lowest BCUT2D eigenvalue weighted by Gasteiger charge is -2.05. The first-order chi connectivity index (χ1) is 8.13. The van der Waals surface area contributed by atoms with Crippen LogP contribution in [0.3, 0.4) is 0 Å². The molecule has 0 fully saturated rings. The van der Waals surface area contributed by atoms with E-state index in [-0.39, 0.29) is 11.5 Å². The number of unbranched alkanes of at least 4 members (excludes halogenated alkanes) is 3. The van der Waals surface area contributed by atoms with Crippen LogP contribution < -0.4 is 11.1 Å². The van der Waals surface area contributed by atoms with Crippen LogP contribution in [0, 0.1) is 10.1 Å². The van der Waals surface area contributed by atoms with Gasteiger partial charge >= 0.3 is 0 Å². The lowest BCUT2D eigenvalue weighted by molar-refractivity contribution is -0.384. The second kappa shape index (κ2) is 6.67. The monoisotopic (exact) mass is 238 g/mol. The molecule has 94 valence electrons. The largest absolute Gasteiger partial charge is 0.383 e. The summed E-state index contributed by atoms with van der Waals surface area (Å²) in [6.07, 6.45) is 4.56. The summed E-state index contributed by atoms with van der Waals surface area (Å²) in [6.45, 7) is 2.91. The molecule has 0 aliphatic heterocycles. The topological polar surface area (TPSA) is 94.1 Å². The Morgan fingerprint density at radius 3 is 2.82 bits per heavy atom. The normalized spacial score (nSPS) is 10.2. The molecule has 17 heavy (non-hydrogen) atoms. The van der Waals surface area contributed by atoms with Crippen LogP contribution >= 0.6 is 0 Å². The van der Waals surface area contributed by atoms with Gasteiger partial charge in [-0.3, -0.25) is 10.1 Å². The second-order valence-corrected chi connectivity index (χ2v) is 3.88. The van der Waals surface area contributed by atoms with Crippen molar-refractivity contribution in [1.29, 1.82) is 0 Å². The van der Waals surface area contributed by atoms with Gasteiger partial charge in [0, 0.05) is 6.54 Å². The molecule has 1 aromatic heterocycles. The molecule has 1 heterocycles. The summed E-state index contributed by atoms with van der Waals surface area (Å²) >= 11 is 0. The van der Waals surface area contributed by atoms with Gasteiger partial charge in [0.1, 0.15) is 11.6 Å². The Kier molecular flexibility index (Phi) is 5.19. The number of hydrogen-bond acceptors (Lipinski definition) is 5. The molecule has 6 heteroatoms. The number of rotatable bonds is 7. The lowest BCUT2D eigenvalue weighted by atomic mass is 10.2. The number of pyridine rings is 1. The lowest BCUT2D eigenvalue weighted by Crippen LogP contribution is -2.05. The van der Waals surface area contributed by atoms with E-state index in [0.717, 1.165) is 19.4 Å². The highest BCUT2D eigenvalue weighted by atomic mass is 16.6. The maximum atomic E-state index is 10.6. The van der Waals surface area contributed by atoms with Crippen molar-refractivity contribution in [2.75, 3.05) is 17.6 Å². The minimum Gasteiger partial charge on any atom is -0.383 e. The molecule has 0 aromatic carbocycles. The fourth-order valence-corrected chi connectivity index (χ4v) is 1.50. The van der Waals surface area contributed by atoms with Crippen LogP contribution in [0.4, 0.5) is 17.3 Å². The van der Waals surface area contributed by atoms with Gasteiger partial charge in [-0.2, -0.15) is 0 Å². The molecule has 0 saturated heterocycles. The van der Waals surface area contributed by atoms with E-state index < -0.39 is 4.92 Å². The standard InChI is InChI=1S/C11H18N4O2/c1-2-3-4-5-6-13-11-8-9(15(16)17)7-10(12)14-11/h7-8H,2-6H2,1H3,(H3,12,13,14). The number of nitrogens with one attached hydrogen (secondary N) is 1. The van der Waals surface area contributed by atoms with Crippen LogP contribution in [-0.2, 0) is 0 Å². The Labute approximate surface area is 100 Å². The van der Waals surface area contributed by atoms with Crippen molar-refractivity contribution in [3.63, 3.8) is 0 Å². The zero-order chi connectivity index (χ0) is 12.7. The third-order valence-corrected chi connectivity index (χ3v) is 2.38. The molecular formula is C11H18N4O2. The van der Waals surface area contributed by atoms with E-state index in [2.05, 4.69) is 17.2 Å². The van der Waals surface area contributed by atoms with E-state index in [4.69, 9.17) is 5.73 Å². The van der Waals surface area contributed by atoms with E-state index in [0.29, 0.717) is 5.82 Å². The van der Waals surface area contributed by atoms with Crippen LogP contribution in [0.2, 0.25) is 0 Å². The van der Waals surface area contributed by atoms with Crippen molar-refractivity contribution in [2.45, 2.75) is 32.6 Å². The summed E-state index contributed by atoms with van der Waals surface area (Å²) < 4.78 is 0.